The van der Waals surface area contributed by atoms with Gasteiger partial charge < -0.3 is 0 Å². The monoisotopic (exact) mass is 227 g/mol. The van der Waals surface area contributed by atoms with Crippen molar-refractivity contribution in [2.45, 2.75) is 54.9 Å². The SMILES string of the molecule is C/C=c1/sc(C)n/c1=C/CC.CC.CC. The van der Waals surface area contributed by atoms with Gasteiger partial charge in [-0.2, -0.15) is 0 Å². The Labute approximate surface area is 98.6 Å². The van der Waals surface area contributed by atoms with E-state index in [9.17, 15) is 0 Å². The molecule has 0 N–H and O–H groups in total. The second kappa shape index (κ2) is 11.4. The highest BCUT2D eigenvalue weighted by Crippen LogP contribution is 1.90. The van der Waals surface area contributed by atoms with Gasteiger partial charge >= 0.3 is 0 Å². The van der Waals surface area contributed by atoms with Crippen molar-refractivity contribution in [1.29, 1.82) is 0 Å². The fraction of sp³-hybridized carbons (Fsp3) is 0.615. The fourth-order valence-corrected chi connectivity index (χ4v) is 1.82. The molecule has 1 heterocycles. The standard InChI is InChI=1S/C9H13NS.2C2H6/c1-4-6-8-9(5-2)11-7(3)10-8;2*1-2/h5-6H,4H2,1-3H3;2*1-2H3/b8-6+,9-5+;;. The minimum Gasteiger partial charge on any atom is -0.242 e. The third-order valence-corrected chi connectivity index (χ3v) is 2.50. The smallest absolute Gasteiger partial charge is 0.0907 e. The molecule has 0 fully saturated rings. The van der Waals surface area contributed by atoms with Crippen LogP contribution >= 0.6 is 11.3 Å². The average Bonchev–Trinajstić information content (AvgIpc) is 2.65. The zero-order chi connectivity index (χ0) is 12.3. The van der Waals surface area contributed by atoms with E-state index in [-0.39, 0.29) is 0 Å². The predicted molar refractivity (Wildman–Crippen MR) is 73.7 cm³/mol. The Morgan fingerprint density at radius 1 is 1.20 bits per heavy atom. The molecular weight excluding hydrogens is 202 g/mol. The lowest BCUT2D eigenvalue weighted by Gasteiger charge is -1.74. The molecule has 15 heavy (non-hydrogen) atoms. The third kappa shape index (κ3) is 6.45. The maximum Gasteiger partial charge on any atom is 0.0907 e. The maximum atomic E-state index is 4.40. The molecule has 0 bridgehead atoms. The number of aryl methyl sites for hydroxylation is 1. The van der Waals surface area contributed by atoms with Crippen LogP contribution in [0, 0.1) is 6.92 Å². The van der Waals surface area contributed by atoms with E-state index in [0.717, 1.165) is 16.8 Å². The predicted octanol–water partition coefficient (Wildman–Crippen LogP) is 3.49. The number of rotatable bonds is 1. The van der Waals surface area contributed by atoms with Gasteiger partial charge in [0, 0.05) is 4.53 Å². The van der Waals surface area contributed by atoms with Gasteiger partial charge in [-0.25, -0.2) is 4.98 Å². The van der Waals surface area contributed by atoms with Crippen molar-refractivity contribution in [3.8, 4) is 0 Å². The molecule has 0 unspecified atom stereocenters. The van der Waals surface area contributed by atoms with Crippen LogP contribution < -0.4 is 9.88 Å². The average molecular weight is 227 g/mol. The van der Waals surface area contributed by atoms with E-state index in [1.54, 1.807) is 11.3 Å². The van der Waals surface area contributed by atoms with Gasteiger partial charge in [0.25, 0.3) is 0 Å². The van der Waals surface area contributed by atoms with Crippen molar-refractivity contribution in [3.63, 3.8) is 0 Å². The molecular formula is C13H25NS. The summed E-state index contributed by atoms with van der Waals surface area (Å²) >= 11 is 1.76. The third-order valence-electron chi connectivity index (χ3n) is 1.45. The highest BCUT2D eigenvalue weighted by molar-refractivity contribution is 7.09. The molecule has 0 atom stereocenters. The first-order valence-electron chi connectivity index (χ1n) is 5.88. The molecule has 0 saturated carbocycles. The minimum absolute atomic E-state index is 1.06. The molecule has 0 aliphatic rings. The van der Waals surface area contributed by atoms with Crippen molar-refractivity contribution in [1.82, 2.24) is 4.98 Å². The number of hydrogen-bond acceptors (Lipinski definition) is 2. The summed E-state index contributed by atoms with van der Waals surface area (Å²) in [6, 6.07) is 0. The number of thiazole rings is 1. The quantitative estimate of drug-likeness (QED) is 0.715. The summed E-state index contributed by atoms with van der Waals surface area (Å²) < 4.78 is 1.30. The van der Waals surface area contributed by atoms with Gasteiger partial charge in [-0.3, -0.25) is 0 Å². The van der Waals surface area contributed by atoms with Gasteiger partial charge in [0.1, 0.15) is 0 Å². The molecule has 0 amide bonds. The topological polar surface area (TPSA) is 12.9 Å². The van der Waals surface area contributed by atoms with Gasteiger partial charge in [0.2, 0.25) is 0 Å². The molecule has 1 aromatic rings. The lowest BCUT2D eigenvalue weighted by molar-refractivity contribution is 1.19. The van der Waals surface area contributed by atoms with Crippen LogP contribution in [0.25, 0.3) is 12.2 Å². The number of hydrogen-bond donors (Lipinski definition) is 0. The Morgan fingerprint density at radius 3 is 2.13 bits per heavy atom. The Morgan fingerprint density at radius 2 is 1.73 bits per heavy atom. The largest absolute Gasteiger partial charge is 0.242 e. The molecule has 88 valence electrons. The number of nitrogens with zero attached hydrogens (tertiary/aromatic N) is 1. The van der Waals surface area contributed by atoms with E-state index >= 15 is 0 Å². The van der Waals surface area contributed by atoms with Gasteiger partial charge in [-0.05, 0) is 20.3 Å². The first kappa shape index (κ1) is 16.8. The summed E-state index contributed by atoms with van der Waals surface area (Å²) in [5, 5.41) is 2.30. The molecule has 1 aromatic heterocycles. The maximum absolute atomic E-state index is 4.40. The minimum atomic E-state index is 1.06. The normalized spacial score (nSPS) is 11.4. The van der Waals surface area contributed by atoms with Crippen molar-refractivity contribution in [3.05, 3.63) is 14.9 Å². The lowest BCUT2D eigenvalue weighted by Crippen LogP contribution is -2.19. The van der Waals surface area contributed by atoms with E-state index in [1.807, 2.05) is 34.6 Å². The van der Waals surface area contributed by atoms with Crippen LogP contribution in [-0.4, -0.2) is 4.98 Å². The van der Waals surface area contributed by atoms with Crippen molar-refractivity contribution in [2.24, 2.45) is 0 Å². The van der Waals surface area contributed by atoms with Gasteiger partial charge in [0.05, 0.1) is 10.4 Å². The lowest BCUT2D eigenvalue weighted by atomic mass is 10.4. The van der Waals surface area contributed by atoms with Crippen molar-refractivity contribution < 1.29 is 0 Å². The highest BCUT2D eigenvalue weighted by Gasteiger charge is 1.90. The van der Waals surface area contributed by atoms with Crippen LogP contribution in [0.1, 0.15) is 53.0 Å². The Bertz CT molecular complexity index is 336. The molecule has 0 aliphatic heterocycles. The first-order valence-corrected chi connectivity index (χ1v) is 6.69. The summed E-state index contributed by atoms with van der Waals surface area (Å²) in [5.74, 6) is 0. The molecule has 2 heteroatoms. The summed E-state index contributed by atoms with van der Waals surface area (Å²) in [4.78, 5) is 4.40. The van der Waals surface area contributed by atoms with E-state index in [4.69, 9.17) is 0 Å². The molecule has 0 saturated heterocycles. The molecule has 0 radical (unpaired) electrons. The molecule has 0 aromatic carbocycles. The van der Waals surface area contributed by atoms with E-state index in [2.05, 4.69) is 31.0 Å². The molecule has 0 spiro atoms. The van der Waals surface area contributed by atoms with Crippen LogP contribution in [0.3, 0.4) is 0 Å². The summed E-state index contributed by atoms with van der Waals surface area (Å²) in [6.45, 7) is 14.2. The van der Waals surface area contributed by atoms with Crippen LogP contribution in [0.2, 0.25) is 0 Å². The first-order chi connectivity index (χ1) is 7.27. The zero-order valence-corrected chi connectivity index (χ0v) is 12.0. The van der Waals surface area contributed by atoms with Gasteiger partial charge in [-0.1, -0.05) is 46.8 Å². The van der Waals surface area contributed by atoms with Gasteiger partial charge in [0.15, 0.2) is 0 Å². The Balaban J connectivity index is 0. The molecule has 1 rings (SSSR count). The van der Waals surface area contributed by atoms with E-state index in [0.29, 0.717) is 0 Å². The van der Waals surface area contributed by atoms with E-state index in [1.165, 1.54) is 4.53 Å². The summed E-state index contributed by atoms with van der Waals surface area (Å²) in [6.07, 6.45) is 5.34. The zero-order valence-electron chi connectivity index (χ0n) is 11.2. The Kier molecular flexibility index (Phi) is 12.8. The second-order valence-electron chi connectivity index (χ2n) is 2.38. The fourth-order valence-electron chi connectivity index (χ4n) is 1.01. The molecule has 1 nitrogen and oxygen atoms in total. The van der Waals surface area contributed by atoms with Crippen LogP contribution in [0.5, 0.6) is 0 Å². The molecule has 0 aliphatic carbocycles. The van der Waals surface area contributed by atoms with Crippen LogP contribution in [0.15, 0.2) is 0 Å². The van der Waals surface area contributed by atoms with Crippen LogP contribution in [-0.2, 0) is 0 Å². The van der Waals surface area contributed by atoms with Gasteiger partial charge in [-0.15, -0.1) is 11.3 Å². The van der Waals surface area contributed by atoms with Crippen LogP contribution in [0.4, 0.5) is 0 Å². The second-order valence-corrected chi connectivity index (χ2v) is 3.62. The summed E-state index contributed by atoms with van der Waals surface area (Å²) in [7, 11) is 0. The van der Waals surface area contributed by atoms with Crippen molar-refractivity contribution in [2.75, 3.05) is 0 Å². The summed E-state index contributed by atoms with van der Waals surface area (Å²) in [5.41, 5.74) is 0. The Hall–Kier alpha value is -0.630. The highest BCUT2D eigenvalue weighted by atomic mass is 32.1. The van der Waals surface area contributed by atoms with E-state index < -0.39 is 0 Å². The number of aromatic nitrogens is 1. The van der Waals surface area contributed by atoms with Crippen molar-refractivity contribution >= 4 is 23.5 Å².